The number of carboxylic acids is 1. The van der Waals surface area contributed by atoms with Gasteiger partial charge in [-0.15, -0.1) is 0 Å². The molecular weight excluding hydrogens is 296 g/mol. The number of amides is 2. The van der Waals surface area contributed by atoms with E-state index in [2.05, 4.69) is 15.3 Å². The molecule has 1 aliphatic carbocycles. The largest absolute Gasteiger partial charge is 0.481 e. The highest BCUT2D eigenvalue weighted by Gasteiger charge is 2.55. The van der Waals surface area contributed by atoms with E-state index in [1.165, 1.54) is 0 Å². The van der Waals surface area contributed by atoms with Crippen LogP contribution in [0.1, 0.15) is 30.7 Å². The second-order valence-corrected chi connectivity index (χ2v) is 6.56. The van der Waals surface area contributed by atoms with E-state index in [0.717, 1.165) is 24.2 Å². The van der Waals surface area contributed by atoms with Gasteiger partial charge in [0.1, 0.15) is 0 Å². The number of likely N-dealkylation sites (tertiary alicyclic amines) is 1. The molecular formula is C16H22N4O3. The van der Waals surface area contributed by atoms with Crippen LogP contribution in [-0.4, -0.2) is 51.6 Å². The summed E-state index contributed by atoms with van der Waals surface area (Å²) in [5, 5.41) is 12.4. The van der Waals surface area contributed by atoms with E-state index in [1.807, 2.05) is 6.92 Å². The molecule has 0 radical (unpaired) electrons. The summed E-state index contributed by atoms with van der Waals surface area (Å²) in [5.74, 6) is -0.668. The number of carboxylic acid groups (broad SMARTS) is 1. The van der Waals surface area contributed by atoms with Crippen molar-refractivity contribution < 1.29 is 14.7 Å². The highest BCUT2D eigenvalue weighted by Crippen LogP contribution is 2.48. The zero-order chi connectivity index (χ0) is 16.4. The number of urea groups is 1. The van der Waals surface area contributed by atoms with Crippen LogP contribution in [0.25, 0.3) is 0 Å². The molecule has 1 aromatic heterocycles. The van der Waals surface area contributed by atoms with Crippen LogP contribution in [0.2, 0.25) is 0 Å². The number of aryl methyl sites for hydroxylation is 1. The molecule has 124 valence electrons. The molecule has 2 fully saturated rings. The van der Waals surface area contributed by atoms with E-state index in [0.29, 0.717) is 32.5 Å². The minimum atomic E-state index is -0.759. The van der Waals surface area contributed by atoms with Crippen molar-refractivity contribution in [2.75, 3.05) is 19.6 Å². The van der Waals surface area contributed by atoms with Crippen LogP contribution in [0, 0.1) is 18.3 Å². The van der Waals surface area contributed by atoms with Gasteiger partial charge in [-0.2, -0.15) is 0 Å². The first-order chi connectivity index (χ1) is 11.0. The fourth-order valence-electron chi connectivity index (χ4n) is 3.75. The minimum absolute atomic E-state index is 0.0914. The molecule has 2 amide bonds. The van der Waals surface area contributed by atoms with E-state index >= 15 is 0 Å². The lowest BCUT2D eigenvalue weighted by Gasteiger charge is -2.23. The number of nitrogens with zero attached hydrogens (tertiary/aromatic N) is 3. The van der Waals surface area contributed by atoms with Gasteiger partial charge in [-0.25, -0.2) is 4.79 Å². The average Bonchev–Trinajstić information content (AvgIpc) is 3.07. The van der Waals surface area contributed by atoms with Gasteiger partial charge in [0.25, 0.3) is 0 Å². The fourth-order valence-corrected chi connectivity index (χ4v) is 3.75. The van der Waals surface area contributed by atoms with E-state index in [4.69, 9.17) is 0 Å². The number of hydrogen-bond donors (Lipinski definition) is 2. The Hall–Kier alpha value is -2.18. The molecule has 0 unspecified atom stereocenters. The van der Waals surface area contributed by atoms with E-state index < -0.39 is 11.4 Å². The Bertz CT molecular complexity index is 604. The van der Waals surface area contributed by atoms with Crippen LogP contribution in [0.4, 0.5) is 4.79 Å². The molecule has 2 N–H and O–H groups in total. The normalized spacial score (nSPS) is 26.1. The molecule has 23 heavy (non-hydrogen) atoms. The molecule has 2 heterocycles. The van der Waals surface area contributed by atoms with Gasteiger partial charge >= 0.3 is 12.0 Å². The first-order valence-electron chi connectivity index (χ1n) is 8.05. The smallest absolute Gasteiger partial charge is 0.317 e. The molecule has 1 saturated carbocycles. The SMILES string of the molecule is Cc1cnc(CCNC(=O)N2C[C@@H]3CCC[C@@]3(C(=O)O)C2)cn1. The third-order valence-electron chi connectivity index (χ3n) is 5.08. The third-order valence-corrected chi connectivity index (χ3v) is 5.08. The lowest BCUT2D eigenvalue weighted by atomic mass is 9.81. The van der Waals surface area contributed by atoms with Crippen molar-refractivity contribution in [3.8, 4) is 0 Å². The van der Waals surface area contributed by atoms with Crippen LogP contribution in [0.3, 0.4) is 0 Å². The summed E-state index contributed by atoms with van der Waals surface area (Å²) in [6.45, 7) is 3.21. The highest BCUT2D eigenvalue weighted by atomic mass is 16.4. The molecule has 1 saturated heterocycles. The molecule has 0 bridgehead atoms. The Kier molecular flexibility index (Phi) is 4.19. The van der Waals surface area contributed by atoms with Crippen molar-refractivity contribution in [2.24, 2.45) is 11.3 Å². The first-order valence-corrected chi connectivity index (χ1v) is 8.05. The van der Waals surface area contributed by atoms with E-state index in [-0.39, 0.29) is 11.9 Å². The molecule has 0 spiro atoms. The molecule has 7 nitrogen and oxygen atoms in total. The maximum Gasteiger partial charge on any atom is 0.317 e. The van der Waals surface area contributed by atoms with Crippen molar-refractivity contribution in [2.45, 2.75) is 32.6 Å². The van der Waals surface area contributed by atoms with Gasteiger partial charge in [-0.1, -0.05) is 6.42 Å². The number of carbonyl (C=O) groups is 2. The third kappa shape index (κ3) is 3.00. The molecule has 2 atom stereocenters. The Morgan fingerprint density at radius 2 is 2.26 bits per heavy atom. The second-order valence-electron chi connectivity index (χ2n) is 6.56. The van der Waals surface area contributed by atoms with Crippen molar-refractivity contribution in [3.05, 3.63) is 23.8 Å². The zero-order valence-electron chi connectivity index (χ0n) is 13.3. The van der Waals surface area contributed by atoms with Gasteiger partial charge in [-0.3, -0.25) is 14.8 Å². The molecule has 2 aliphatic rings. The number of hydrogen-bond acceptors (Lipinski definition) is 4. The Balaban J connectivity index is 1.51. The van der Waals surface area contributed by atoms with Crippen molar-refractivity contribution >= 4 is 12.0 Å². The number of fused-ring (bicyclic) bond motifs is 1. The van der Waals surface area contributed by atoms with Crippen molar-refractivity contribution in [3.63, 3.8) is 0 Å². The van der Waals surface area contributed by atoms with Gasteiger partial charge < -0.3 is 15.3 Å². The van der Waals surface area contributed by atoms with Gasteiger partial charge in [0.15, 0.2) is 0 Å². The van der Waals surface area contributed by atoms with Gasteiger partial charge in [-0.05, 0) is 25.7 Å². The summed E-state index contributed by atoms with van der Waals surface area (Å²) >= 11 is 0. The first kappa shape index (κ1) is 15.7. The predicted molar refractivity (Wildman–Crippen MR) is 82.9 cm³/mol. The van der Waals surface area contributed by atoms with Crippen LogP contribution >= 0.6 is 0 Å². The summed E-state index contributed by atoms with van der Waals surface area (Å²) in [6.07, 6.45) is 6.54. The number of aliphatic carboxylic acids is 1. The van der Waals surface area contributed by atoms with Crippen LogP contribution in [-0.2, 0) is 11.2 Å². The fraction of sp³-hybridized carbons (Fsp3) is 0.625. The Labute approximate surface area is 135 Å². The summed E-state index contributed by atoms with van der Waals surface area (Å²) in [7, 11) is 0. The van der Waals surface area contributed by atoms with E-state index in [9.17, 15) is 14.7 Å². The van der Waals surface area contributed by atoms with Crippen LogP contribution in [0.15, 0.2) is 12.4 Å². The second kappa shape index (κ2) is 6.14. The minimum Gasteiger partial charge on any atom is -0.481 e. The van der Waals surface area contributed by atoms with Gasteiger partial charge in [0.05, 0.1) is 16.8 Å². The van der Waals surface area contributed by atoms with Gasteiger partial charge in [0.2, 0.25) is 0 Å². The van der Waals surface area contributed by atoms with Crippen molar-refractivity contribution in [1.29, 1.82) is 0 Å². The molecule has 1 aromatic rings. The summed E-state index contributed by atoms with van der Waals surface area (Å²) in [4.78, 5) is 34.0. The monoisotopic (exact) mass is 318 g/mol. The Morgan fingerprint density at radius 3 is 2.91 bits per heavy atom. The van der Waals surface area contributed by atoms with E-state index in [1.54, 1.807) is 17.3 Å². The number of nitrogens with one attached hydrogen (secondary N) is 1. The van der Waals surface area contributed by atoms with Crippen molar-refractivity contribution in [1.82, 2.24) is 20.2 Å². The van der Waals surface area contributed by atoms with Gasteiger partial charge in [0, 0.05) is 38.4 Å². The Morgan fingerprint density at radius 1 is 1.43 bits per heavy atom. The maximum absolute atomic E-state index is 12.3. The molecule has 0 aromatic carbocycles. The quantitative estimate of drug-likeness (QED) is 0.870. The van der Waals surface area contributed by atoms with Crippen LogP contribution in [0.5, 0.6) is 0 Å². The molecule has 7 heteroatoms. The average molecular weight is 318 g/mol. The predicted octanol–water partition coefficient (Wildman–Crippen LogP) is 1.22. The lowest BCUT2D eigenvalue weighted by molar-refractivity contribution is -0.149. The van der Waals surface area contributed by atoms with Crippen LogP contribution < -0.4 is 5.32 Å². The summed E-state index contributed by atoms with van der Waals surface area (Å²) < 4.78 is 0. The zero-order valence-corrected chi connectivity index (χ0v) is 13.3. The lowest BCUT2D eigenvalue weighted by Crippen LogP contribution is -2.42. The summed E-state index contributed by atoms with van der Waals surface area (Å²) in [6, 6.07) is -0.180. The number of rotatable bonds is 4. The maximum atomic E-state index is 12.3. The molecule has 3 rings (SSSR count). The summed E-state index contributed by atoms with van der Waals surface area (Å²) in [5.41, 5.74) is 0.969. The standard InChI is InChI=1S/C16H22N4O3/c1-11-7-19-13(8-18-11)4-6-17-15(23)20-9-12-3-2-5-16(12,10-20)14(21)22/h7-8,12H,2-6,9-10H2,1H3,(H,17,23)(H,21,22)/t12-,16+/m0/s1. The highest BCUT2D eigenvalue weighted by molar-refractivity contribution is 5.80. The number of carbonyl (C=O) groups excluding carboxylic acids is 1. The molecule has 1 aliphatic heterocycles. The topological polar surface area (TPSA) is 95.4 Å². The number of aromatic nitrogens is 2.